The van der Waals surface area contributed by atoms with E-state index in [2.05, 4.69) is 15.9 Å². The molecular formula is C15H14BrClO2. The number of benzene rings is 2. The van der Waals surface area contributed by atoms with Gasteiger partial charge in [0.2, 0.25) is 0 Å². The molecule has 0 aliphatic carbocycles. The van der Waals surface area contributed by atoms with Crippen molar-refractivity contribution in [2.75, 3.05) is 7.11 Å². The highest BCUT2D eigenvalue weighted by Crippen LogP contribution is 2.34. The molecule has 0 bridgehead atoms. The standard InChI is InChI=1S/C15H14BrClO2/c1-9-11(4-3-5-13(9)16)15(18)12-7-6-10(19-2)8-14(12)17/h3-8,15,18H,1-2H3. The smallest absolute Gasteiger partial charge is 0.120 e. The molecule has 2 aromatic rings. The predicted molar refractivity (Wildman–Crippen MR) is 80.9 cm³/mol. The normalized spacial score (nSPS) is 12.3. The molecule has 0 aliphatic rings. The van der Waals surface area contributed by atoms with E-state index >= 15 is 0 Å². The van der Waals surface area contributed by atoms with Crippen LogP contribution in [0.3, 0.4) is 0 Å². The third-order valence-electron chi connectivity index (χ3n) is 3.11. The first-order valence-electron chi connectivity index (χ1n) is 5.81. The second-order valence-corrected chi connectivity index (χ2v) is 5.51. The van der Waals surface area contributed by atoms with E-state index in [1.807, 2.05) is 25.1 Å². The average Bonchev–Trinajstić information content (AvgIpc) is 2.41. The molecule has 1 unspecified atom stereocenters. The average molecular weight is 342 g/mol. The van der Waals surface area contributed by atoms with Gasteiger partial charge in [0.1, 0.15) is 11.9 Å². The van der Waals surface area contributed by atoms with Crippen molar-refractivity contribution in [3.05, 3.63) is 62.6 Å². The Morgan fingerprint density at radius 1 is 1.21 bits per heavy atom. The van der Waals surface area contributed by atoms with Gasteiger partial charge in [0, 0.05) is 10.0 Å². The van der Waals surface area contributed by atoms with Gasteiger partial charge in [0.25, 0.3) is 0 Å². The first-order valence-corrected chi connectivity index (χ1v) is 6.98. The number of halogens is 2. The lowest BCUT2D eigenvalue weighted by Crippen LogP contribution is -2.03. The molecule has 0 saturated heterocycles. The van der Waals surface area contributed by atoms with Crippen LogP contribution in [-0.2, 0) is 0 Å². The molecule has 100 valence electrons. The molecule has 0 aromatic heterocycles. The fourth-order valence-electron chi connectivity index (χ4n) is 1.94. The zero-order chi connectivity index (χ0) is 14.0. The Morgan fingerprint density at radius 2 is 1.95 bits per heavy atom. The lowest BCUT2D eigenvalue weighted by atomic mass is 9.97. The van der Waals surface area contributed by atoms with E-state index < -0.39 is 6.10 Å². The molecule has 0 fully saturated rings. The van der Waals surface area contributed by atoms with E-state index in [1.54, 1.807) is 25.3 Å². The Kier molecular flexibility index (Phi) is 4.50. The van der Waals surface area contributed by atoms with E-state index in [4.69, 9.17) is 16.3 Å². The molecule has 0 saturated carbocycles. The van der Waals surface area contributed by atoms with Crippen LogP contribution in [0.1, 0.15) is 22.8 Å². The van der Waals surface area contributed by atoms with Gasteiger partial charge in [-0.2, -0.15) is 0 Å². The van der Waals surface area contributed by atoms with Gasteiger partial charge in [-0.1, -0.05) is 45.7 Å². The summed E-state index contributed by atoms with van der Waals surface area (Å²) in [5, 5.41) is 11.0. The highest BCUT2D eigenvalue weighted by atomic mass is 79.9. The summed E-state index contributed by atoms with van der Waals surface area (Å²) < 4.78 is 6.07. The summed E-state index contributed by atoms with van der Waals surface area (Å²) in [6.07, 6.45) is -0.754. The van der Waals surface area contributed by atoms with Gasteiger partial charge in [-0.3, -0.25) is 0 Å². The van der Waals surface area contributed by atoms with Crippen molar-refractivity contribution in [2.45, 2.75) is 13.0 Å². The fourth-order valence-corrected chi connectivity index (χ4v) is 2.60. The van der Waals surface area contributed by atoms with Crippen molar-refractivity contribution in [2.24, 2.45) is 0 Å². The zero-order valence-corrected chi connectivity index (χ0v) is 13.0. The molecule has 0 amide bonds. The number of aliphatic hydroxyl groups is 1. The SMILES string of the molecule is COc1ccc(C(O)c2cccc(Br)c2C)c(Cl)c1. The number of hydrogen-bond acceptors (Lipinski definition) is 2. The molecule has 2 aromatic carbocycles. The van der Waals surface area contributed by atoms with E-state index in [0.29, 0.717) is 16.3 Å². The van der Waals surface area contributed by atoms with Crippen LogP contribution in [0.4, 0.5) is 0 Å². The largest absolute Gasteiger partial charge is 0.497 e. The van der Waals surface area contributed by atoms with Crippen LogP contribution >= 0.6 is 27.5 Å². The monoisotopic (exact) mass is 340 g/mol. The molecule has 2 nitrogen and oxygen atoms in total. The van der Waals surface area contributed by atoms with Crippen LogP contribution in [-0.4, -0.2) is 12.2 Å². The van der Waals surface area contributed by atoms with Gasteiger partial charge in [0.05, 0.1) is 12.1 Å². The Morgan fingerprint density at radius 3 is 2.58 bits per heavy atom. The lowest BCUT2D eigenvalue weighted by molar-refractivity contribution is 0.219. The number of methoxy groups -OCH3 is 1. The van der Waals surface area contributed by atoms with Crippen LogP contribution in [0.2, 0.25) is 5.02 Å². The van der Waals surface area contributed by atoms with E-state index in [-0.39, 0.29) is 0 Å². The molecule has 0 radical (unpaired) electrons. The van der Waals surface area contributed by atoms with E-state index in [1.165, 1.54) is 0 Å². The summed E-state index contributed by atoms with van der Waals surface area (Å²) in [5.74, 6) is 0.673. The van der Waals surface area contributed by atoms with E-state index in [0.717, 1.165) is 15.6 Å². The zero-order valence-electron chi connectivity index (χ0n) is 10.7. The van der Waals surface area contributed by atoms with Crippen LogP contribution in [0.5, 0.6) is 5.75 Å². The van der Waals surface area contributed by atoms with Gasteiger partial charge in [0.15, 0.2) is 0 Å². The Bertz CT molecular complexity index is 599. The molecule has 2 rings (SSSR count). The number of aliphatic hydroxyl groups excluding tert-OH is 1. The van der Waals surface area contributed by atoms with Crippen molar-refractivity contribution < 1.29 is 9.84 Å². The van der Waals surface area contributed by atoms with Crippen LogP contribution in [0.25, 0.3) is 0 Å². The number of ether oxygens (including phenoxy) is 1. The summed E-state index contributed by atoms with van der Waals surface area (Å²) in [5.41, 5.74) is 2.51. The Balaban J connectivity index is 2.44. The topological polar surface area (TPSA) is 29.5 Å². The maximum Gasteiger partial charge on any atom is 0.120 e. The second kappa shape index (κ2) is 5.95. The van der Waals surface area contributed by atoms with Gasteiger partial charge < -0.3 is 9.84 Å². The fraction of sp³-hybridized carbons (Fsp3) is 0.200. The maximum atomic E-state index is 10.5. The molecule has 0 aliphatic heterocycles. The third kappa shape index (κ3) is 2.94. The maximum absolute atomic E-state index is 10.5. The first-order chi connectivity index (χ1) is 9.04. The Hall–Kier alpha value is -1.03. The highest BCUT2D eigenvalue weighted by Gasteiger charge is 2.17. The number of hydrogen-bond donors (Lipinski definition) is 1. The van der Waals surface area contributed by atoms with Gasteiger partial charge in [-0.15, -0.1) is 0 Å². The van der Waals surface area contributed by atoms with Crippen LogP contribution < -0.4 is 4.74 Å². The molecule has 1 N–H and O–H groups in total. The molecular weight excluding hydrogens is 328 g/mol. The molecule has 19 heavy (non-hydrogen) atoms. The van der Waals surface area contributed by atoms with E-state index in [9.17, 15) is 5.11 Å². The predicted octanol–water partition coefficient (Wildman–Crippen LogP) is 4.50. The molecule has 4 heteroatoms. The minimum absolute atomic E-state index is 0.492. The van der Waals surface area contributed by atoms with Crippen LogP contribution in [0, 0.1) is 6.92 Å². The minimum atomic E-state index is -0.754. The van der Waals surface area contributed by atoms with Gasteiger partial charge in [-0.05, 0) is 36.2 Å². The molecule has 1 atom stereocenters. The quantitative estimate of drug-likeness (QED) is 0.890. The summed E-state index contributed by atoms with van der Waals surface area (Å²) >= 11 is 9.66. The van der Waals surface area contributed by atoms with Crippen molar-refractivity contribution >= 4 is 27.5 Å². The minimum Gasteiger partial charge on any atom is -0.497 e. The highest BCUT2D eigenvalue weighted by molar-refractivity contribution is 9.10. The van der Waals surface area contributed by atoms with Crippen molar-refractivity contribution in [1.82, 2.24) is 0 Å². The summed E-state index contributed by atoms with van der Waals surface area (Å²) in [4.78, 5) is 0. The summed E-state index contributed by atoms with van der Waals surface area (Å²) in [7, 11) is 1.58. The number of rotatable bonds is 3. The van der Waals surface area contributed by atoms with Crippen LogP contribution in [0.15, 0.2) is 40.9 Å². The van der Waals surface area contributed by atoms with Gasteiger partial charge in [-0.25, -0.2) is 0 Å². The first kappa shape index (κ1) is 14.4. The lowest BCUT2D eigenvalue weighted by Gasteiger charge is -2.17. The van der Waals surface area contributed by atoms with Gasteiger partial charge >= 0.3 is 0 Å². The third-order valence-corrected chi connectivity index (χ3v) is 4.29. The molecule has 0 spiro atoms. The summed E-state index contributed by atoms with van der Waals surface area (Å²) in [6.45, 7) is 1.96. The molecule has 0 heterocycles. The van der Waals surface area contributed by atoms with Crippen molar-refractivity contribution in [1.29, 1.82) is 0 Å². The second-order valence-electron chi connectivity index (χ2n) is 4.24. The Labute approximate surface area is 126 Å². The van der Waals surface area contributed by atoms with Crippen molar-refractivity contribution in [3.63, 3.8) is 0 Å². The van der Waals surface area contributed by atoms with Crippen molar-refractivity contribution in [3.8, 4) is 5.75 Å². The summed E-state index contributed by atoms with van der Waals surface area (Å²) in [6, 6.07) is 11.0.